The molecule has 0 amide bonds. The number of aryl methyl sites for hydroxylation is 1. The second kappa shape index (κ2) is 6.04. The van der Waals surface area contributed by atoms with Gasteiger partial charge in [0.15, 0.2) is 0 Å². The van der Waals surface area contributed by atoms with Crippen molar-refractivity contribution in [2.45, 2.75) is 60.0 Å². The topological polar surface area (TPSA) is 29.9 Å². The fourth-order valence-corrected chi connectivity index (χ4v) is 2.02. The maximum atomic E-state index is 4.58. The molecule has 0 aliphatic rings. The molecule has 92 valence electrons. The SMILES string of the molecule is CCc1c(C)nn(CCNC(C)CC)c1C. The predicted octanol–water partition coefficient (Wildman–Crippen LogP) is 2.45. The van der Waals surface area contributed by atoms with E-state index in [9.17, 15) is 0 Å². The average molecular weight is 223 g/mol. The molecule has 1 heterocycles. The Bertz CT molecular complexity index is 328. The van der Waals surface area contributed by atoms with Crippen LogP contribution in [0.25, 0.3) is 0 Å². The standard InChI is InChI=1S/C13H25N3/c1-6-10(3)14-8-9-16-12(5)13(7-2)11(4)15-16/h10,14H,6-9H2,1-5H3. The van der Waals surface area contributed by atoms with E-state index in [0.717, 1.165) is 19.5 Å². The molecule has 1 rings (SSSR count). The van der Waals surface area contributed by atoms with E-state index in [4.69, 9.17) is 0 Å². The van der Waals surface area contributed by atoms with E-state index < -0.39 is 0 Å². The zero-order valence-electron chi connectivity index (χ0n) is 11.3. The molecule has 3 nitrogen and oxygen atoms in total. The number of nitrogens with one attached hydrogen (secondary N) is 1. The lowest BCUT2D eigenvalue weighted by atomic mass is 10.1. The van der Waals surface area contributed by atoms with Crippen LogP contribution in [0.3, 0.4) is 0 Å². The van der Waals surface area contributed by atoms with Crippen LogP contribution in [0, 0.1) is 13.8 Å². The molecule has 0 aliphatic heterocycles. The molecule has 0 bridgehead atoms. The summed E-state index contributed by atoms with van der Waals surface area (Å²) in [6.45, 7) is 12.9. The molecule has 1 aromatic rings. The van der Waals surface area contributed by atoms with Gasteiger partial charge in [-0.1, -0.05) is 13.8 Å². The van der Waals surface area contributed by atoms with E-state index in [1.165, 1.54) is 23.4 Å². The second-order valence-electron chi connectivity index (χ2n) is 4.49. The lowest BCUT2D eigenvalue weighted by molar-refractivity contribution is 0.481. The van der Waals surface area contributed by atoms with Crippen LogP contribution in [0.15, 0.2) is 0 Å². The quantitative estimate of drug-likeness (QED) is 0.803. The Labute approximate surface area is 99.2 Å². The van der Waals surface area contributed by atoms with Gasteiger partial charge in [-0.3, -0.25) is 4.68 Å². The molecule has 0 aromatic carbocycles. The summed E-state index contributed by atoms with van der Waals surface area (Å²) in [6, 6.07) is 0.600. The molecular weight excluding hydrogens is 198 g/mol. The van der Waals surface area contributed by atoms with Crippen LogP contribution >= 0.6 is 0 Å². The minimum atomic E-state index is 0.600. The summed E-state index contributed by atoms with van der Waals surface area (Å²) in [5.41, 5.74) is 3.91. The van der Waals surface area contributed by atoms with E-state index in [0.29, 0.717) is 6.04 Å². The molecule has 0 saturated carbocycles. The van der Waals surface area contributed by atoms with Crippen molar-refractivity contribution < 1.29 is 0 Å². The number of hydrogen-bond donors (Lipinski definition) is 1. The zero-order chi connectivity index (χ0) is 12.1. The van der Waals surface area contributed by atoms with Gasteiger partial charge in [-0.15, -0.1) is 0 Å². The molecule has 0 radical (unpaired) electrons. The number of hydrogen-bond acceptors (Lipinski definition) is 2. The van der Waals surface area contributed by atoms with Gasteiger partial charge in [0, 0.05) is 18.3 Å². The summed E-state index contributed by atoms with van der Waals surface area (Å²) in [4.78, 5) is 0. The smallest absolute Gasteiger partial charge is 0.0628 e. The third-order valence-corrected chi connectivity index (χ3v) is 3.31. The first-order chi connectivity index (χ1) is 7.60. The van der Waals surface area contributed by atoms with E-state index in [1.54, 1.807) is 0 Å². The van der Waals surface area contributed by atoms with Crippen LogP contribution in [0.1, 0.15) is 44.1 Å². The Morgan fingerprint density at radius 2 is 2.00 bits per heavy atom. The molecule has 1 N–H and O–H groups in total. The van der Waals surface area contributed by atoms with Gasteiger partial charge in [-0.2, -0.15) is 5.10 Å². The van der Waals surface area contributed by atoms with Gasteiger partial charge >= 0.3 is 0 Å². The third kappa shape index (κ3) is 3.08. The highest BCUT2D eigenvalue weighted by Gasteiger charge is 2.09. The molecule has 0 fully saturated rings. The zero-order valence-corrected chi connectivity index (χ0v) is 11.3. The summed E-state index contributed by atoms with van der Waals surface area (Å²) in [6.07, 6.45) is 2.26. The van der Waals surface area contributed by atoms with Crippen molar-refractivity contribution in [1.29, 1.82) is 0 Å². The Balaban J connectivity index is 2.54. The maximum Gasteiger partial charge on any atom is 0.0628 e. The first-order valence-corrected chi connectivity index (χ1v) is 6.36. The maximum absolute atomic E-state index is 4.58. The number of aromatic nitrogens is 2. The first-order valence-electron chi connectivity index (χ1n) is 6.36. The van der Waals surface area contributed by atoms with Gasteiger partial charge in [0.1, 0.15) is 0 Å². The van der Waals surface area contributed by atoms with Crippen LogP contribution in [0.5, 0.6) is 0 Å². The Hall–Kier alpha value is -0.830. The highest BCUT2D eigenvalue weighted by Crippen LogP contribution is 2.12. The molecule has 1 aromatic heterocycles. The van der Waals surface area contributed by atoms with Crippen LogP contribution < -0.4 is 5.32 Å². The largest absolute Gasteiger partial charge is 0.312 e. The van der Waals surface area contributed by atoms with Crippen molar-refractivity contribution in [2.24, 2.45) is 0 Å². The molecule has 3 heteroatoms. The summed E-state index contributed by atoms with van der Waals surface area (Å²) in [5.74, 6) is 0. The number of rotatable bonds is 6. The highest BCUT2D eigenvalue weighted by molar-refractivity contribution is 5.24. The summed E-state index contributed by atoms with van der Waals surface area (Å²) in [7, 11) is 0. The third-order valence-electron chi connectivity index (χ3n) is 3.31. The summed E-state index contributed by atoms with van der Waals surface area (Å²) < 4.78 is 2.13. The lowest BCUT2D eigenvalue weighted by Crippen LogP contribution is -2.29. The van der Waals surface area contributed by atoms with Gasteiger partial charge in [-0.25, -0.2) is 0 Å². The molecule has 0 aliphatic carbocycles. The minimum Gasteiger partial charge on any atom is -0.312 e. The molecule has 0 saturated heterocycles. The van der Waals surface area contributed by atoms with Crippen molar-refractivity contribution in [3.8, 4) is 0 Å². The van der Waals surface area contributed by atoms with Crippen LogP contribution in [0.2, 0.25) is 0 Å². The summed E-state index contributed by atoms with van der Waals surface area (Å²) in [5, 5.41) is 8.07. The van der Waals surface area contributed by atoms with Crippen molar-refractivity contribution in [3.63, 3.8) is 0 Å². The van der Waals surface area contributed by atoms with E-state index in [-0.39, 0.29) is 0 Å². The Morgan fingerprint density at radius 3 is 2.50 bits per heavy atom. The Kier molecular flexibility index (Phi) is 5.00. The second-order valence-corrected chi connectivity index (χ2v) is 4.49. The molecular formula is C13H25N3. The molecule has 1 unspecified atom stereocenters. The summed E-state index contributed by atoms with van der Waals surface area (Å²) >= 11 is 0. The van der Waals surface area contributed by atoms with Crippen LogP contribution in [-0.4, -0.2) is 22.4 Å². The fourth-order valence-electron chi connectivity index (χ4n) is 2.02. The average Bonchev–Trinajstić information content (AvgIpc) is 2.53. The van der Waals surface area contributed by atoms with Gasteiger partial charge in [0.2, 0.25) is 0 Å². The van der Waals surface area contributed by atoms with Gasteiger partial charge in [0.05, 0.1) is 12.2 Å². The van der Waals surface area contributed by atoms with E-state index >= 15 is 0 Å². The van der Waals surface area contributed by atoms with Crippen LogP contribution in [0.4, 0.5) is 0 Å². The monoisotopic (exact) mass is 223 g/mol. The predicted molar refractivity (Wildman–Crippen MR) is 68.8 cm³/mol. The first kappa shape index (κ1) is 13.2. The fraction of sp³-hybridized carbons (Fsp3) is 0.769. The molecule has 1 atom stereocenters. The van der Waals surface area contributed by atoms with Crippen LogP contribution in [-0.2, 0) is 13.0 Å². The highest BCUT2D eigenvalue weighted by atomic mass is 15.3. The van der Waals surface area contributed by atoms with Gasteiger partial charge in [0.25, 0.3) is 0 Å². The van der Waals surface area contributed by atoms with E-state index in [1.807, 2.05) is 0 Å². The van der Waals surface area contributed by atoms with E-state index in [2.05, 4.69) is 49.7 Å². The van der Waals surface area contributed by atoms with Crippen molar-refractivity contribution in [3.05, 3.63) is 17.0 Å². The van der Waals surface area contributed by atoms with Gasteiger partial charge in [-0.05, 0) is 39.2 Å². The molecule has 16 heavy (non-hydrogen) atoms. The van der Waals surface area contributed by atoms with Gasteiger partial charge < -0.3 is 5.32 Å². The van der Waals surface area contributed by atoms with Crippen molar-refractivity contribution >= 4 is 0 Å². The Morgan fingerprint density at radius 1 is 1.31 bits per heavy atom. The van der Waals surface area contributed by atoms with Crippen molar-refractivity contribution in [1.82, 2.24) is 15.1 Å². The number of nitrogens with zero attached hydrogens (tertiary/aromatic N) is 2. The van der Waals surface area contributed by atoms with Crippen molar-refractivity contribution in [2.75, 3.05) is 6.54 Å². The minimum absolute atomic E-state index is 0.600. The lowest BCUT2D eigenvalue weighted by Gasteiger charge is -2.11. The molecule has 0 spiro atoms. The normalized spacial score (nSPS) is 13.1.